The highest BCUT2D eigenvalue weighted by Gasteiger charge is 2.34. The van der Waals surface area contributed by atoms with E-state index in [-0.39, 0.29) is 24.1 Å². The summed E-state index contributed by atoms with van der Waals surface area (Å²) in [6.07, 6.45) is 5.18. The average Bonchev–Trinajstić information content (AvgIpc) is 2.96. The van der Waals surface area contributed by atoms with Gasteiger partial charge in [0.05, 0.1) is 18.5 Å². The van der Waals surface area contributed by atoms with Gasteiger partial charge in [0.25, 0.3) is 0 Å². The van der Waals surface area contributed by atoms with Gasteiger partial charge < -0.3 is 5.11 Å². The lowest BCUT2D eigenvalue weighted by atomic mass is 10.2. The first-order valence-corrected chi connectivity index (χ1v) is 7.64. The smallest absolute Gasteiger partial charge is 0.246 e. The van der Waals surface area contributed by atoms with E-state index in [0.29, 0.717) is 5.69 Å². The van der Waals surface area contributed by atoms with Gasteiger partial charge in [0.2, 0.25) is 10.0 Å². The molecule has 0 radical (unpaired) electrons. The second-order valence-corrected chi connectivity index (χ2v) is 6.50. The summed E-state index contributed by atoms with van der Waals surface area (Å²) >= 11 is 0. The van der Waals surface area contributed by atoms with Crippen LogP contribution >= 0.6 is 0 Å². The van der Waals surface area contributed by atoms with Crippen molar-refractivity contribution in [2.75, 3.05) is 13.2 Å². The van der Waals surface area contributed by atoms with Crippen molar-refractivity contribution in [2.45, 2.75) is 43.5 Å². The molecule has 0 spiro atoms. The average molecular weight is 273 g/mol. The van der Waals surface area contributed by atoms with Crippen LogP contribution in [0.5, 0.6) is 0 Å². The molecule has 1 fully saturated rings. The van der Waals surface area contributed by atoms with E-state index in [0.717, 1.165) is 25.7 Å². The van der Waals surface area contributed by atoms with Crippen molar-refractivity contribution in [3.05, 3.63) is 11.9 Å². The quantitative estimate of drug-likeness (QED) is 0.824. The minimum atomic E-state index is -3.55. The first kappa shape index (κ1) is 13.5. The van der Waals surface area contributed by atoms with Crippen molar-refractivity contribution in [3.63, 3.8) is 0 Å². The van der Waals surface area contributed by atoms with E-state index < -0.39 is 10.0 Å². The van der Waals surface area contributed by atoms with Gasteiger partial charge in [0, 0.05) is 12.6 Å². The number of aromatic nitrogens is 2. The molecule has 0 saturated heterocycles. The topological polar surface area (TPSA) is 86.3 Å². The Morgan fingerprint density at radius 1 is 1.50 bits per heavy atom. The number of hydrogen-bond acceptors (Lipinski definition) is 4. The summed E-state index contributed by atoms with van der Waals surface area (Å²) < 4.78 is 26.5. The molecule has 6 nitrogen and oxygen atoms in total. The maximum atomic E-state index is 12.5. The van der Waals surface area contributed by atoms with Gasteiger partial charge in [0.1, 0.15) is 4.90 Å². The number of aromatic amines is 1. The third-order valence-electron chi connectivity index (χ3n) is 3.42. The summed E-state index contributed by atoms with van der Waals surface area (Å²) in [6.45, 7) is 1.68. The molecule has 2 N–H and O–H groups in total. The van der Waals surface area contributed by atoms with Gasteiger partial charge in [0.15, 0.2) is 0 Å². The Morgan fingerprint density at radius 3 is 2.67 bits per heavy atom. The number of aryl methyl sites for hydroxylation is 1. The molecular weight excluding hydrogens is 254 g/mol. The van der Waals surface area contributed by atoms with Crippen molar-refractivity contribution >= 4 is 10.0 Å². The number of rotatable bonds is 5. The van der Waals surface area contributed by atoms with E-state index in [1.165, 1.54) is 10.5 Å². The van der Waals surface area contributed by atoms with Gasteiger partial charge in [-0.25, -0.2) is 8.42 Å². The van der Waals surface area contributed by atoms with Crippen LogP contribution in [0.3, 0.4) is 0 Å². The second-order valence-electron chi connectivity index (χ2n) is 4.64. The minimum Gasteiger partial charge on any atom is -0.395 e. The number of sulfonamides is 1. The zero-order chi connectivity index (χ0) is 13.2. The molecule has 0 atom stereocenters. The lowest BCUT2D eigenvalue weighted by Gasteiger charge is -2.27. The Bertz CT molecular complexity index is 491. The van der Waals surface area contributed by atoms with Gasteiger partial charge in [-0.15, -0.1) is 0 Å². The molecule has 0 aromatic carbocycles. The van der Waals surface area contributed by atoms with E-state index >= 15 is 0 Å². The number of H-pyrrole nitrogens is 1. The van der Waals surface area contributed by atoms with E-state index in [4.69, 9.17) is 5.11 Å². The van der Waals surface area contributed by atoms with Crippen molar-refractivity contribution < 1.29 is 13.5 Å². The van der Waals surface area contributed by atoms with E-state index in [1.807, 2.05) is 0 Å². The monoisotopic (exact) mass is 273 g/mol. The first-order chi connectivity index (χ1) is 8.57. The highest BCUT2D eigenvalue weighted by atomic mass is 32.2. The Morgan fingerprint density at radius 2 is 2.17 bits per heavy atom. The fourth-order valence-corrected chi connectivity index (χ4v) is 4.31. The van der Waals surface area contributed by atoms with Gasteiger partial charge >= 0.3 is 0 Å². The molecule has 1 aromatic rings. The zero-order valence-corrected chi connectivity index (χ0v) is 11.3. The molecule has 0 unspecified atom stereocenters. The summed E-state index contributed by atoms with van der Waals surface area (Å²) in [5, 5.41) is 15.5. The molecule has 1 heterocycles. The normalized spacial score (nSPS) is 17.7. The van der Waals surface area contributed by atoms with Gasteiger partial charge in [-0.2, -0.15) is 9.40 Å². The third-order valence-corrected chi connectivity index (χ3v) is 5.49. The molecule has 7 heteroatoms. The summed E-state index contributed by atoms with van der Waals surface area (Å²) in [7, 11) is -3.55. The molecular formula is C11H19N3O3S. The van der Waals surface area contributed by atoms with Gasteiger partial charge in [-0.3, -0.25) is 5.10 Å². The molecule has 0 amide bonds. The van der Waals surface area contributed by atoms with Crippen molar-refractivity contribution in [3.8, 4) is 0 Å². The van der Waals surface area contributed by atoms with E-state index in [1.54, 1.807) is 6.92 Å². The van der Waals surface area contributed by atoms with Gasteiger partial charge in [-0.05, 0) is 19.8 Å². The predicted octanol–water partition coefficient (Wildman–Crippen LogP) is 0.644. The Kier molecular flexibility index (Phi) is 4.04. The molecule has 1 aliphatic carbocycles. The molecule has 2 rings (SSSR count). The summed E-state index contributed by atoms with van der Waals surface area (Å²) in [6, 6.07) is 0.0106. The maximum absolute atomic E-state index is 12.5. The van der Waals surface area contributed by atoms with Crippen LogP contribution in [-0.2, 0) is 10.0 Å². The Labute approximate surface area is 107 Å². The fourth-order valence-electron chi connectivity index (χ4n) is 2.52. The van der Waals surface area contributed by atoms with Gasteiger partial charge in [-0.1, -0.05) is 12.8 Å². The predicted molar refractivity (Wildman–Crippen MR) is 66.6 cm³/mol. The molecule has 102 valence electrons. The summed E-state index contributed by atoms with van der Waals surface area (Å²) in [4.78, 5) is 0.211. The largest absolute Gasteiger partial charge is 0.395 e. The number of hydrogen-bond donors (Lipinski definition) is 2. The number of aliphatic hydroxyl groups is 1. The number of nitrogens with one attached hydrogen (secondary N) is 1. The summed E-state index contributed by atoms with van der Waals surface area (Å²) in [5.74, 6) is 0. The lowest BCUT2D eigenvalue weighted by Crippen LogP contribution is -2.40. The minimum absolute atomic E-state index is 0.0106. The highest BCUT2D eigenvalue weighted by Crippen LogP contribution is 2.28. The summed E-state index contributed by atoms with van der Waals surface area (Å²) in [5.41, 5.74) is 0.538. The van der Waals surface area contributed by atoms with Crippen LogP contribution in [0.1, 0.15) is 31.4 Å². The van der Waals surface area contributed by atoms with E-state index in [9.17, 15) is 8.42 Å². The molecule has 1 saturated carbocycles. The zero-order valence-electron chi connectivity index (χ0n) is 10.5. The van der Waals surface area contributed by atoms with Crippen LogP contribution in [0.15, 0.2) is 11.1 Å². The third kappa shape index (κ3) is 2.43. The van der Waals surface area contributed by atoms with Crippen LogP contribution in [0.4, 0.5) is 0 Å². The number of aliphatic hydroxyl groups excluding tert-OH is 1. The Balaban J connectivity index is 2.32. The molecule has 0 aliphatic heterocycles. The van der Waals surface area contributed by atoms with Crippen molar-refractivity contribution in [1.29, 1.82) is 0 Å². The van der Waals surface area contributed by atoms with Crippen LogP contribution < -0.4 is 0 Å². The Hall–Kier alpha value is -0.920. The van der Waals surface area contributed by atoms with Crippen LogP contribution in [-0.4, -0.2) is 47.2 Å². The standard InChI is InChI=1S/C11H19N3O3S/c1-9-11(8-12-13-9)18(16,17)14(6-7-15)10-4-2-3-5-10/h8,10,15H,2-7H2,1H3,(H,12,13). The maximum Gasteiger partial charge on any atom is 0.246 e. The second kappa shape index (κ2) is 5.38. The van der Waals surface area contributed by atoms with E-state index in [2.05, 4.69) is 10.2 Å². The SMILES string of the molecule is Cc1[nH]ncc1S(=O)(=O)N(CCO)C1CCCC1. The van der Waals surface area contributed by atoms with Crippen LogP contribution in [0, 0.1) is 6.92 Å². The molecule has 1 aliphatic rings. The van der Waals surface area contributed by atoms with Crippen molar-refractivity contribution in [2.24, 2.45) is 0 Å². The van der Waals surface area contributed by atoms with Crippen molar-refractivity contribution in [1.82, 2.24) is 14.5 Å². The molecule has 0 bridgehead atoms. The first-order valence-electron chi connectivity index (χ1n) is 6.20. The molecule has 18 heavy (non-hydrogen) atoms. The highest BCUT2D eigenvalue weighted by molar-refractivity contribution is 7.89. The number of nitrogens with zero attached hydrogens (tertiary/aromatic N) is 2. The fraction of sp³-hybridized carbons (Fsp3) is 0.727. The van der Waals surface area contributed by atoms with Crippen LogP contribution in [0.2, 0.25) is 0 Å². The lowest BCUT2D eigenvalue weighted by molar-refractivity contribution is 0.226. The van der Waals surface area contributed by atoms with Crippen LogP contribution in [0.25, 0.3) is 0 Å². The molecule has 1 aromatic heterocycles.